The van der Waals surface area contributed by atoms with Crippen molar-refractivity contribution in [2.75, 3.05) is 0 Å². The lowest BCUT2D eigenvalue weighted by molar-refractivity contribution is -0.274. The fraction of sp³-hybridized carbons (Fsp3) is 0.0769. The van der Waals surface area contributed by atoms with Gasteiger partial charge in [0, 0.05) is 11.8 Å². The zero-order valence-electron chi connectivity index (χ0n) is 10.2. The molecule has 4 nitrogen and oxygen atoms in total. The van der Waals surface area contributed by atoms with Crippen molar-refractivity contribution in [3.63, 3.8) is 0 Å². The molecule has 1 N–H and O–H groups in total. The Morgan fingerprint density at radius 3 is 2.48 bits per heavy atom. The molecule has 110 valence electrons. The fourth-order valence-electron chi connectivity index (χ4n) is 1.71. The van der Waals surface area contributed by atoms with Crippen molar-refractivity contribution in [3.8, 4) is 16.9 Å². The molecule has 2 rings (SSSR count). The minimum atomic E-state index is -4.93. The van der Waals surface area contributed by atoms with Crippen molar-refractivity contribution in [3.05, 3.63) is 48.0 Å². The number of aromatic nitrogens is 1. The molecule has 1 heterocycles. The van der Waals surface area contributed by atoms with Gasteiger partial charge >= 0.3 is 12.3 Å². The molecule has 0 aliphatic carbocycles. The van der Waals surface area contributed by atoms with Gasteiger partial charge in [-0.05, 0) is 29.8 Å². The van der Waals surface area contributed by atoms with Crippen LogP contribution in [-0.2, 0) is 0 Å². The van der Waals surface area contributed by atoms with Gasteiger partial charge in [-0.15, -0.1) is 13.2 Å². The average Bonchev–Trinajstić information content (AvgIpc) is 2.36. The SMILES string of the molecule is O=C(O)c1cc(OC(F)(F)F)ccc1-c1cncc(F)c1. The molecule has 1 aromatic carbocycles. The third-order valence-electron chi connectivity index (χ3n) is 2.47. The van der Waals surface area contributed by atoms with Crippen molar-refractivity contribution in [1.82, 2.24) is 4.98 Å². The standard InChI is InChI=1S/C13H7F4NO3/c14-8-3-7(5-18-6-8)10-2-1-9(21-13(15,16)17)4-11(10)12(19)20/h1-6H,(H,19,20). The van der Waals surface area contributed by atoms with Crippen LogP contribution in [0.3, 0.4) is 0 Å². The average molecular weight is 301 g/mol. The highest BCUT2D eigenvalue weighted by Crippen LogP contribution is 2.30. The van der Waals surface area contributed by atoms with Gasteiger partial charge in [0.05, 0.1) is 11.8 Å². The Hall–Kier alpha value is -2.64. The number of aromatic carboxylic acids is 1. The fourth-order valence-corrected chi connectivity index (χ4v) is 1.71. The molecule has 0 amide bonds. The van der Waals surface area contributed by atoms with Crippen LogP contribution in [0.2, 0.25) is 0 Å². The lowest BCUT2D eigenvalue weighted by Gasteiger charge is -2.12. The summed E-state index contributed by atoms with van der Waals surface area (Å²) < 4.78 is 53.1. The lowest BCUT2D eigenvalue weighted by Crippen LogP contribution is -2.17. The maximum Gasteiger partial charge on any atom is 0.573 e. The van der Waals surface area contributed by atoms with Gasteiger partial charge in [0.2, 0.25) is 0 Å². The van der Waals surface area contributed by atoms with Gasteiger partial charge in [-0.2, -0.15) is 0 Å². The molecule has 0 saturated heterocycles. The van der Waals surface area contributed by atoms with Crippen molar-refractivity contribution < 1.29 is 32.2 Å². The van der Waals surface area contributed by atoms with Crippen LogP contribution in [0.4, 0.5) is 17.6 Å². The van der Waals surface area contributed by atoms with E-state index in [1.54, 1.807) is 0 Å². The monoisotopic (exact) mass is 301 g/mol. The molecule has 0 aliphatic heterocycles. The number of carboxylic acids is 1. The van der Waals surface area contributed by atoms with E-state index in [0.29, 0.717) is 0 Å². The third-order valence-corrected chi connectivity index (χ3v) is 2.47. The summed E-state index contributed by atoms with van der Waals surface area (Å²) in [6.07, 6.45) is -2.81. The highest BCUT2D eigenvalue weighted by Gasteiger charge is 2.31. The molecule has 0 radical (unpaired) electrons. The van der Waals surface area contributed by atoms with Crippen LogP contribution in [-0.4, -0.2) is 22.4 Å². The number of pyridine rings is 1. The van der Waals surface area contributed by atoms with Gasteiger partial charge in [-0.3, -0.25) is 4.98 Å². The Kier molecular flexibility index (Phi) is 3.79. The summed E-state index contributed by atoms with van der Waals surface area (Å²) in [5.74, 6) is -2.84. The molecule has 0 spiro atoms. The lowest BCUT2D eigenvalue weighted by atomic mass is 10.0. The normalized spacial score (nSPS) is 11.2. The second-order valence-corrected chi connectivity index (χ2v) is 3.95. The molecule has 0 saturated carbocycles. The van der Waals surface area contributed by atoms with E-state index in [-0.39, 0.29) is 11.1 Å². The number of carbonyl (C=O) groups is 1. The minimum Gasteiger partial charge on any atom is -0.478 e. The first-order chi connectivity index (χ1) is 9.76. The summed E-state index contributed by atoms with van der Waals surface area (Å²) in [6, 6.07) is 3.79. The molecule has 2 aromatic rings. The van der Waals surface area contributed by atoms with Gasteiger partial charge in [0.1, 0.15) is 11.6 Å². The highest BCUT2D eigenvalue weighted by molar-refractivity contribution is 5.96. The molecule has 0 fully saturated rings. The van der Waals surface area contributed by atoms with Gasteiger partial charge < -0.3 is 9.84 Å². The van der Waals surface area contributed by atoms with E-state index in [4.69, 9.17) is 5.11 Å². The van der Waals surface area contributed by atoms with E-state index < -0.39 is 29.5 Å². The highest BCUT2D eigenvalue weighted by atomic mass is 19.4. The molecular formula is C13H7F4NO3. The van der Waals surface area contributed by atoms with Gasteiger partial charge in [0.25, 0.3) is 0 Å². The number of ether oxygens (including phenoxy) is 1. The number of benzene rings is 1. The van der Waals surface area contributed by atoms with E-state index >= 15 is 0 Å². The van der Waals surface area contributed by atoms with Crippen LogP contribution in [0.1, 0.15) is 10.4 Å². The Balaban J connectivity index is 2.50. The Labute approximate surface area is 115 Å². The third kappa shape index (κ3) is 3.68. The second-order valence-electron chi connectivity index (χ2n) is 3.95. The molecule has 0 bridgehead atoms. The molecule has 21 heavy (non-hydrogen) atoms. The molecular weight excluding hydrogens is 294 g/mol. The molecule has 8 heteroatoms. The first-order valence-corrected chi connectivity index (χ1v) is 5.50. The summed E-state index contributed by atoms with van der Waals surface area (Å²) in [6.45, 7) is 0. The molecule has 0 unspecified atom stereocenters. The van der Waals surface area contributed by atoms with Crippen LogP contribution < -0.4 is 4.74 Å². The summed E-state index contributed by atoms with van der Waals surface area (Å²) >= 11 is 0. The Morgan fingerprint density at radius 1 is 1.19 bits per heavy atom. The van der Waals surface area contributed by atoms with E-state index in [0.717, 1.165) is 30.5 Å². The first kappa shape index (κ1) is 14.8. The predicted molar refractivity (Wildman–Crippen MR) is 63.3 cm³/mol. The van der Waals surface area contributed by atoms with Crippen LogP contribution in [0.15, 0.2) is 36.7 Å². The van der Waals surface area contributed by atoms with E-state index in [2.05, 4.69) is 9.72 Å². The van der Waals surface area contributed by atoms with Crippen molar-refractivity contribution in [2.45, 2.75) is 6.36 Å². The van der Waals surface area contributed by atoms with E-state index in [9.17, 15) is 22.4 Å². The van der Waals surface area contributed by atoms with Gasteiger partial charge in [-0.1, -0.05) is 0 Å². The van der Waals surface area contributed by atoms with Crippen molar-refractivity contribution in [1.29, 1.82) is 0 Å². The molecule has 0 aliphatic rings. The number of nitrogens with zero attached hydrogens (tertiary/aromatic N) is 1. The molecule has 1 aromatic heterocycles. The zero-order valence-corrected chi connectivity index (χ0v) is 10.2. The Bertz CT molecular complexity index is 685. The summed E-state index contributed by atoms with van der Waals surface area (Å²) in [7, 11) is 0. The van der Waals surface area contributed by atoms with Crippen molar-refractivity contribution >= 4 is 5.97 Å². The number of rotatable bonds is 3. The van der Waals surface area contributed by atoms with Crippen LogP contribution >= 0.6 is 0 Å². The number of hydrogen-bond acceptors (Lipinski definition) is 3. The van der Waals surface area contributed by atoms with Crippen LogP contribution in [0.5, 0.6) is 5.75 Å². The van der Waals surface area contributed by atoms with E-state index in [1.165, 1.54) is 6.20 Å². The smallest absolute Gasteiger partial charge is 0.478 e. The Morgan fingerprint density at radius 2 is 1.90 bits per heavy atom. The summed E-state index contributed by atoms with van der Waals surface area (Å²) in [4.78, 5) is 14.7. The maximum atomic E-state index is 13.1. The largest absolute Gasteiger partial charge is 0.573 e. The zero-order chi connectivity index (χ0) is 15.6. The minimum absolute atomic E-state index is 0.0315. The van der Waals surface area contributed by atoms with Crippen LogP contribution in [0, 0.1) is 5.82 Å². The number of halogens is 4. The summed E-state index contributed by atoms with van der Waals surface area (Å²) in [5, 5.41) is 9.07. The molecule has 0 atom stereocenters. The van der Waals surface area contributed by atoms with Crippen LogP contribution in [0.25, 0.3) is 11.1 Å². The number of hydrogen-bond donors (Lipinski definition) is 1. The topological polar surface area (TPSA) is 59.4 Å². The van der Waals surface area contributed by atoms with Gasteiger partial charge in [0.15, 0.2) is 0 Å². The van der Waals surface area contributed by atoms with E-state index in [1.807, 2.05) is 0 Å². The second kappa shape index (κ2) is 5.39. The summed E-state index contributed by atoms with van der Waals surface area (Å²) in [5.41, 5.74) is -0.292. The number of carboxylic acid groups (broad SMARTS) is 1. The van der Waals surface area contributed by atoms with Gasteiger partial charge in [-0.25, -0.2) is 9.18 Å². The van der Waals surface area contributed by atoms with Crippen molar-refractivity contribution in [2.24, 2.45) is 0 Å². The quantitative estimate of drug-likeness (QED) is 0.882. The number of alkyl halides is 3. The predicted octanol–water partition coefficient (Wildman–Crippen LogP) is 3.48. The first-order valence-electron chi connectivity index (χ1n) is 5.50. The maximum absolute atomic E-state index is 13.1.